The van der Waals surface area contributed by atoms with Crippen LogP contribution >= 0.6 is 0 Å². The summed E-state index contributed by atoms with van der Waals surface area (Å²) in [6.45, 7) is 2.04. The molecule has 0 heterocycles. The molecule has 2 rings (SSSR count). The minimum Gasteiger partial charge on any atom is -0.481 e. The molecule has 0 aliphatic heterocycles. The maximum absolute atomic E-state index is 10.6. The molecule has 1 aromatic rings. The van der Waals surface area contributed by atoms with Crippen molar-refractivity contribution in [2.24, 2.45) is 17.4 Å². The number of carbonyl (C=O) groups is 4. The summed E-state index contributed by atoms with van der Waals surface area (Å²) in [5.41, 5.74) is 11.7. The quantitative estimate of drug-likeness (QED) is 0.232. The van der Waals surface area contributed by atoms with Crippen LogP contribution in [0.4, 0.5) is 5.69 Å². The number of carbonyl (C=O) groups excluding carboxylic acids is 2. The number of aliphatic carboxylic acids is 2. The van der Waals surface area contributed by atoms with E-state index in [2.05, 4.69) is 5.32 Å². The van der Waals surface area contributed by atoms with Crippen LogP contribution in [-0.4, -0.2) is 46.9 Å². The Balaban J connectivity index is 0. The first-order chi connectivity index (χ1) is 15.2. The first-order valence-electron chi connectivity index (χ1n) is 10.9. The van der Waals surface area contributed by atoms with E-state index in [1.165, 1.54) is 26.2 Å². The Morgan fingerprint density at radius 3 is 2.09 bits per heavy atom. The second-order valence-corrected chi connectivity index (χ2v) is 7.75. The zero-order valence-corrected chi connectivity index (χ0v) is 19.5. The number of nitrogens with two attached hydrogens (primary N) is 2. The fraction of sp³-hybridized carbons (Fsp3) is 0.565. The summed E-state index contributed by atoms with van der Waals surface area (Å²) in [6, 6.07) is 5.96. The molecule has 1 aromatic carbocycles. The number of anilines is 1. The van der Waals surface area contributed by atoms with Crippen molar-refractivity contribution in [2.75, 3.05) is 11.9 Å². The van der Waals surface area contributed by atoms with Gasteiger partial charge in [0.1, 0.15) is 12.3 Å². The number of aldehydes is 1. The van der Waals surface area contributed by atoms with E-state index in [1.807, 2.05) is 0 Å². The summed E-state index contributed by atoms with van der Waals surface area (Å²) >= 11 is 0. The summed E-state index contributed by atoms with van der Waals surface area (Å²) in [7, 11) is 0. The molecule has 1 fully saturated rings. The summed E-state index contributed by atoms with van der Waals surface area (Å²) in [5.74, 6) is -1.20. The monoisotopic (exact) mass is 468 g/mol. The number of benzene rings is 1. The molecule has 1 atom stereocenters. The number of amides is 1. The number of unbranched alkanes of at least 4 members (excludes halogenated alkanes) is 1. The average Bonchev–Trinajstić information content (AvgIpc) is 2.75. The highest BCUT2D eigenvalue weighted by atomic mass is 16.4. The van der Waals surface area contributed by atoms with Gasteiger partial charge >= 0.3 is 11.9 Å². The van der Waals surface area contributed by atoms with Crippen LogP contribution in [0.1, 0.15) is 75.1 Å². The molecule has 0 radical (unpaired) electrons. The second-order valence-electron chi connectivity index (χ2n) is 7.75. The van der Waals surface area contributed by atoms with E-state index < -0.39 is 18.0 Å². The SMILES string of the molecule is CC(=O)Nc1ccc(C=O)cc1.N.NCCCC[C@H](N)C(=O)O.O=C(O)CC1CCCCC1. The molecule has 33 heavy (non-hydrogen) atoms. The molecule has 10 N–H and O–H groups in total. The Morgan fingerprint density at radius 1 is 1.09 bits per heavy atom. The van der Waals surface area contributed by atoms with Crippen LogP contribution in [0.25, 0.3) is 0 Å². The molecule has 188 valence electrons. The van der Waals surface area contributed by atoms with Gasteiger partial charge in [-0.3, -0.25) is 19.2 Å². The van der Waals surface area contributed by atoms with Gasteiger partial charge < -0.3 is 33.1 Å². The number of hydrogen-bond donors (Lipinski definition) is 6. The Labute approximate surface area is 195 Å². The molecular formula is C23H40N4O6. The Kier molecular flexibility index (Phi) is 19.4. The maximum atomic E-state index is 10.6. The fourth-order valence-corrected chi connectivity index (χ4v) is 3.12. The lowest BCUT2D eigenvalue weighted by atomic mass is 9.87. The summed E-state index contributed by atoms with van der Waals surface area (Å²) in [6.07, 6.45) is 9.35. The van der Waals surface area contributed by atoms with Crippen molar-refractivity contribution in [3.05, 3.63) is 29.8 Å². The minimum atomic E-state index is -0.933. The predicted molar refractivity (Wildman–Crippen MR) is 128 cm³/mol. The standard InChI is InChI=1S/C9H9NO2.C8H14O2.C6H14N2O2.H3N/c1-7(12)10-9-4-2-8(6-11)3-5-9;9-8(10)6-7-4-2-1-3-5-7;7-4-2-1-3-5(8)6(9)10;/h2-6H,1H3,(H,10,12);7H,1-6H2,(H,9,10);5H,1-4,7-8H2,(H,9,10);1H3/t;;5-;/m..0./s1. The Morgan fingerprint density at radius 2 is 1.67 bits per heavy atom. The van der Waals surface area contributed by atoms with Gasteiger partial charge in [0, 0.05) is 24.6 Å². The zero-order valence-electron chi connectivity index (χ0n) is 19.5. The Hall–Kier alpha value is -2.82. The van der Waals surface area contributed by atoms with Crippen LogP contribution < -0.4 is 22.9 Å². The number of hydrogen-bond acceptors (Lipinski definition) is 7. The van der Waals surface area contributed by atoms with Crippen molar-refractivity contribution in [1.29, 1.82) is 0 Å². The van der Waals surface area contributed by atoms with Gasteiger partial charge in [-0.2, -0.15) is 0 Å². The predicted octanol–water partition coefficient (Wildman–Crippen LogP) is 3.19. The first-order valence-corrected chi connectivity index (χ1v) is 10.9. The molecule has 10 heteroatoms. The highest BCUT2D eigenvalue weighted by molar-refractivity contribution is 5.89. The van der Waals surface area contributed by atoms with Gasteiger partial charge in [-0.05, 0) is 62.4 Å². The van der Waals surface area contributed by atoms with Crippen molar-refractivity contribution in [3.8, 4) is 0 Å². The van der Waals surface area contributed by atoms with Crippen LogP contribution in [0.15, 0.2) is 24.3 Å². The third-order valence-electron chi connectivity index (χ3n) is 4.84. The summed E-state index contributed by atoms with van der Waals surface area (Å²) in [4.78, 5) is 41.2. The highest BCUT2D eigenvalue weighted by Crippen LogP contribution is 2.25. The molecule has 0 saturated heterocycles. The van der Waals surface area contributed by atoms with Crippen molar-refractivity contribution in [2.45, 2.75) is 70.8 Å². The molecule has 1 aliphatic rings. The Bertz CT molecular complexity index is 691. The van der Waals surface area contributed by atoms with Crippen molar-refractivity contribution in [1.82, 2.24) is 6.15 Å². The molecule has 1 amide bonds. The van der Waals surface area contributed by atoms with E-state index in [-0.39, 0.29) is 12.1 Å². The highest BCUT2D eigenvalue weighted by Gasteiger charge is 2.15. The molecule has 1 saturated carbocycles. The topological polar surface area (TPSA) is 208 Å². The van der Waals surface area contributed by atoms with Crippen molar-refractivity contribution >= 4 is 29.8 Å². The maximum Gasteiger partial charge on any atom is 0.320 e. The minimum absolute atomic E-state index is 0. The normalized spacial score (nSPS) is 13.5. The average molecular weight is 469 g/mol. The molecule has 0 spiro atoms. The van der Waals surface area contributed by atoms with E-state index in [9.17, 15) is 19.2 Å². The molecule has 0 unspecified atom stereocenters. The van der Waals surface area contributed by atoms with Gasteiger partial charge in [0.05, 0.1) is 0 Å². The lowest BCUT2D eigenvalue weighted by molar-refractivity contribution is -0.139. The molecule has 10 nitrogen and oxygen atoms in total. The molecule has 1 aliphatic carbocycles. The van der Waals surface area contributed by atoms with Crippen LogP contribution in [0.2, 0.25) is 0 Å². The number of rotatable bonds is 9. The van der Waals surface area contributed by atoms with Gasteiger partial charge in [0.2, 0.25) is 5.91 Å². The van der Waals surface area contributed by atoms with Gasteiger partial charge in [0.15, 0.2) is 0 Å². The molecule has 0 aromatic heterocycles. The van der Waals surface area contributed by atoms with E-state index in [0.29, 0.717) is 36.6 Å². The van der Waals surface area contributed by atoms with E-state index in [0.717, 1.165) is 32.0 Å². The zero-order chi connectivity index (χ0) is 24.4. The molecule has 0 bridgehead atoms. The largest absolute Gasteiger partial charge is 0.481 e. The van der Waals surface area contributed by atoms with Crippen LogP contribution in [-0.2, 0) is 14.4 Å². The third-order valence-corrected chi connectivity index (χ3v) is 4.84. The fourth-order valence-electron chi connectivity index (χ4n) is 3.12. The summed E-state index contributed by atoms with van der Waals surface area (Å²) < 4.78 is 0. The van der Waals surface area contributed by atoms with Crippen LogP contribution in [0.3, 0.4) is 0 Å². The molecular weight excluding hydrogens is 428 g/mol. The van der Waals surface area contributed by atoms with E-state index in [1.54, 1.807) is 24.3 Å². The lowest BCUT2D eigenvalue weighted by Gasteiger charge is -2.18. The number of nitrogens with one attached hydrogen (secondary N) is 1. The van der Waals surface area contributed by atoms with E-state index in [4.69, 9.17) is 21.7 Å². The first kappa shape index (κ1) is 32.4. The van der Waals surface area contributed by atoms with Crippen molar-refractivity contribution < 1.29 is 29.4 Å². The van der Waals surface area contributed by atoms with E-state index >= 15 is 0 Å². The lowest BCUT2D eigenvalue weighted by Crippen LogP contribution is -2.29. The smallest absolute Gasteiger partial charge is 0.320 e. The second kappa shape index (κ2) is 19.8. The van der Waals surface area contributed by atoms with Gasteiger partial charge in [0.25, 0.3) is 0 Å². The number of carboxylic acid groups (broad SMARTS) is 2. The third kappa shape index (κ3) is 18.5. The van der Waals surface area contributed by atoms with Crippen molar-refractivity contribution in [3.63, 3.8) is 0 Å². The van der Waals surface area contributed by atoms with Crippen LogP contribution in [0, 0.1) is 5.92 Å². The summed E-state index contributed by atoms with van der Waals surface area (Å²) in [5, 5.41) is 19.4. The van der Waals surface area contributed by atoms with Gasteiger partial charge in [-0.1, -0.05) is 25.7 Å². The number of carboxylic acids is 2. The van der Waals surface area contributed by atoms with Gasteiger partial charge in [-0.15, -0.1) is 0 Å². The van der Waals surface area contributed by atoms with Gasteiger partial charge in [-0.25, -0.2) is 0 Å². The van der Waals surface area contributed by atoms with Crippen LogP contribution in [0.5, 0.6) is 0 Å².